The van der Waals surface area contributed by atoms with E-state index in [1.54, 1.807) is 12.1 Å². The Morgan fingerprint density at radius 1 is 0.895 bits per heavy atom. The predicted octanol–water partition coefficient (Wildman–Crippen LogP) is 3.90. The van der Waals surface area contributed by atoms with Gasteiger partial charge in [0.2, 0.25) is 0 Å². The predicted molar refractivity (Wildman–Crippen MR) is 73.3 cm³/mol. The lowest BCUT2D eigenvalue weighted by Crippen LogP contribution is -1.97. The molecule has 3 nitrogen and oxygen atoms in total. The number of hydrogen-bond donors (Lipinski definition) is 0. The van der Waals surface area contributed by atoms with Crippen molar-refractivity contribution in [1.29, 1.82) is 0 Å². The summed E-state index contributed by atoms with van der Waals surface area (Å²) in [5.41, 5.74) is 1.94. The van der Waals surface area contributed by atoms with Crippen molar-refractivity contribution in [1.82, 2.24) is 0 Å². The summed E-state index contributed by atoms with van der Waals surface area (Å²) < 4.78 is 4.58. The number of rotatable bonds is 7. The topological polar surface area (TPSA) is 43.4 Å². The van der Waals surface area contributed by atoms with Gasteiger partial charge in [-0.05, 0) is 30.5 Å². The van der Waals surface area contributed by atoms with Gasteiger partial charge in [0.25, 0.3) is 0 Å². The van der Waals surface area contributed by atoms with Crippen molar-refractivity contribution in [2.45, 2.75) is 51.9 Å². The fraction of sp³-hybridized carbons (Fsp3) is 0.500. The van der Waals surface area contributed by atoms with E-state index in [2.05, 4.69) is 11.7 Å². The molecule has 0 amide bonds. The molecule has 1 aliphatic rings. The molecule has 2 rings (SSSR count). The number of ether oxygens (including phenoxy) is 1. The third-order valence-corrected chi connectivity index (χ3v) is 3.53. The van der Waals surface area contributed by atoms with Crippen LogP contribution in [0.3, 0.4) is 0 Å². The minimum Gasteiger partial charge on any atom is -0.386 e. The largest absolute Gasteiger partial charge is 0.386 e. The monoisotopic (exact) mass is 260 g/mol. The quantitative estimate of drug-likeness (QED) is 0.424. The Labute approximate surface area is 114 Å². The van der Waals surface area contributed by atoms with Crippen LogP contribution >= 0.6 is 0 Å². The average molecular weight is 260 g/mol. The Hall–Kier alpha value is -1.64. The standard InChI is InChI=1S/C16H20O3/c1-2-3-4-5-6-7-8-12-9-10-13-14(11-12)16(18)19-15(13)17/h9-11H,2-8H2,1H3. The van der Waals surface area contributed by atoms with Crippen LogP contribution in [-0.2, 0) is 11.2 Å². The first kappa shape index (κ1) is 13.8. The first-order valence-corrected chi connectivity index (χ1v) is 7.12. The van der Waals surface area contributed by atoms with E-state index < -0.39 is 11.9 Å². The first-order valence-electron chi connectivity index (χ1n) is 7.12. The second-order valence-corrected chi connectivity index (χ2v) is 5.07. The molecule has 0 saturated carbocycles. The van der Waals surface area contributed by atoms with Crippen molar-refractivity contribution < 1.29 is 14.3 Å². The number of hydrogen-bond acceptors (Lipinski definition) is 3. The molecule has 0 saturated heterocycles. The second-order valence-electron chi connectivity index (χ2n) is 5.07. The maximum Gasteiger partial charge on any atom is 0.346 e. The van der Waals surface area contributed by atoms with E-state index in [0.29, 0.717) is 11.1 Å². The van der Waals surface area contributed by atoms with Crippen molar-refractivity contribution in [2.75, 3.05) is 0 Å². The van der Waals surface area contributed by atoms with E-state index in [1.165, 1.54) is 32.1 Å². The number of benzene rings is 1. The van der Waals surface area contributed by atoms with Crippen molar-refractivity contribution >= 4 is 11.9 Å². The zero-order chi connectivity index (χ0) is 13.7. The van der Waals surface area contributed by atoms with Crippen molar-refractivity contribution in [3.8, 4) is 0 Å². The number of carbonyl (C=O) groups is 2. The molecular formula is C16H20O3. The van der Waals surface area contributed by atoms with E-state index in [1.807, 2.05) is 6.07 Å². The van der Waals surface area contributed by atoms with Crippen LogP contribution in [0.2, 0.25) is 0 Å². The minimum absolute atomic E-state index is 0.400. The molecule has 1 heterocycles. The summed E-state index contributed by atoms with van der Waals surface area (Å²) in [5, 5.41) is 0. The van der Waals surface area contributed by atoms with E-state index in [-0.39, 0.29) is 0 Å². The molecule has 0 aliphatic carbocycles. The van der Waals surface area contributed by atoms with Crippen LogP contribution < -0.4 is 0 Å². The summed E-state index contributed by atoms with van der Waals surface area (Å²) >= 11 is 0. The fourth-order valence-corrected chi connectivity index (χ4v) is 2.40. The van der Waals surface area contributed by atoms with E-state index >= 15 is 0 Å². The molecule has 3 heteroatoms. The van der Waals surface area contributed by atoms with Gasteiger partial charge in [0.1, 0.15) is 0 Å². The van der Waals surface area contributed by atoms with Crippen LogP contribution in [0.15, 0.2) is 18.2 Å². The summed E-state index contributed by atoms with van der Waals surface area (Å²) in [4.78, 5) is 22.7. The smallest absolute Gasteiger partial charge is 0.346 e. The summed E-state index contributed by atoms with van der Waals surface area (Å²) in [5.74, 6) is -1.03. The van der Waals surface area contributed by atoms with Crippen LogP contribution in [0.4, 0.5) is 0 Å². The maximum absolute atomic E-state index is 11.4. The van der Waals surface area contributed by atoms with Crippen molar-refractivity contribution in [2.24, 2.45) is 0 Å². The van der Waals surface area contributed by atoms with Crippen molar-refractivity contribution in [3.63, 3.8) is 0 Å². The molecule has 19 heavy (non-hydrogen) atoms. The van der Waals surface area contributed by atoms with Gasteiger partial charge in [0.15, 0.2) is 0 Å². The van der Waals surface area contributed by atoms with E-state index in [9.17, 15) is 9.59 Å². The molecule has 0 unspecified atom stereocenters. The molecule has 1 aliphatic heterocycles. The summed E-state index contributed by atoms with van der Waals surface area (Å²) in [6.07, 6.45) is 8.47. The molecule has 0 aromatic heterocycles. The Morgan fingerprint density at radius 3 is 2.37 bits per heavy atom. The normalized spacial score (nSPS) is 13.5. The van der Waals surface area contributed by atoms with Crippen LogP contribution in [0.5, 0.6) is 0 Å². The third kappa shape index (κ3) is 3.43. The molecule has 1 aromatic rings. The van der Waals surface area contributed by atoms with E-state index in [0.717, 1.165) is 18.4 Å². The highest BCUT2D eigenvalue weighted by molar-refractivity contribution is 6.14. The number of cyclic esters (lactones) is 2. The van der Waals surface area contributed by atoms with E-state index in [4.69, 9.17) is 0 Å². The van der Waals surface area contributed by atoms with Gasteiger partial charge in [-0.3, -0.25) is 0 Å². The van der Waals surface area contributed by atoms with Crippen LogP contribution in [-0.4, -0.2) is 11.9 Å². The first-order chi connectivity index (χ1) is 9.22. The highest BCUT2D eigenvalue weighted by Crippen LogP contribution is 2.22. The van der Waals surface area contributed by atoms with Gasteiger partial charge in [-0.25, -0.2) is 9.59 Å². The molecule has 0 N–H and O–H groups in total. The number of carbonyl (C=O) groups excluding carboxylic acids is 2. The van der Waals surface area contributed by atoms with Gasteiger partial charge in [0, 0.05) is 0 Å². The number of aryl methyl sites for hydroxylation is 1. The van der Waals surface area contributed by atoms with Crippen LogP contribution in [0.1, 0.15) is 71.7 Å². The molecule has 102 valence electrons. The Kier molecular flexibility index (Phi) is 4.72. The van der Waals surface area contributed by atoms with Gasteiger partial charge in [-0.1, -0.05) is 45.1 Å². The summed E-state index contributed by atoms with van der Waals surface area (Å²) in [6.45, 7) is 2.21. The van der Waals surface area contributed by atoms with Gasteiger partial charge >= 0.3 is 11.9 Å². The van der Waals surface area contributed by atoms with Crippen molar-refractivity contribution in [3.05, 3.63) is 34.9 Å². The highest BCUT2D eigenvalue weighted by atomic mass is 16.6. The lowest BCUT2D eigenvalue weighted by atomic mass is 10.0. The Morgan fingerprint density at radius 2 is 1.58 bits per heavy atom. The maximum atomic E-state index is 11.4. The second kappa shape index (κ2) is 6.50. The summed E-state index contributed by atoms with van der Waals surface area (Å²) in [6, 6.07) is 5.42. The SMILES string of the molecule is CCCCCCCCc1ccc2c(c1)C(=O)OC2=O. The van der Waals surface area contributed by atoms with Gasteiger partial charge in [0.05, 0.1) is 11.1 Å². The number of fused-ring (bicyclic) bond motifs is 1. The molecule has 0 bridgehead atoms. The number of esters is 2. The lowest BCUT2D eigenvalue weighted by molar-refractivity contribution is 0.0444. The van der Waals surface area contributed by atoms with Gasteiger partial charge < -0.3 is 4.74 Å². The van der Waals surface area contributed by atoms with Gasteiger partial charge in [-0.2, -0.15) is 0 Å². The Balaban J connectivity index is 1.84. The molecular weight excluding hydrogens is 240 g/mol. The highest BCUT2D eigenvalue weighted by Gasteiger charge is 2.29. The third-order valence-electron chi connectivity index (χ3n) is 3.53. The van der Waals surface area contributed by atoms with Crippen LogP contribution in [0.25, 0.3) is 0 Å². The molecule has 1 aromatic carbocycles. The molecule has 0 fully saturated rings. The van der Waals surface area contributed by atoms with Crippen LogP contribution in [0, 0.1) is 0 Å². The zero-order valence-electron chi connectivity index (χ0n) is 11.4. The average Bonchev–Trinajstić information content (AvgIpc) is 2.69. The van der Waals surface area contributed by atoms with Gasteiger partial charge in [-0.15, -0.1) is 0 Å². The zero-order valence-corrected chi connectivity index (χ0v) is 11.4. The molecule has 0 radical (unpaired) electrons. The summed E-state index contributed by atoms with van der Waals surface area (Å²) in [7, 11) is 0. The molecule has 0 atom stereocenters. The Bertz CT molecular complexity index is 477. The molecule has 0 spiro atoms. The fourth-order valence-electron chi connectivity index (χ4n) is 2.40. The lowest BCUT2D eigenvalue weighted by Gasteiger charge is -2.03. The number of unbranched alkanes of at least 4 members (excludes halogenated alkanes) is 5. The minimum atomic E-state index is -0.522.